The molecule has 0 atom stereocenters. The topological polar surface area (TPSA) is 72.2 Å². The van der Waals surface area contributed by atoms with Crippen molar-refractivity contribution >= 4 is 28.3 Å². The minimum atomic E-state index is -0.253. The van der Waals surface area contributed by atoms with Crippen LogP contribution in [0.4, 0.5) is 5.69 Å². The van der Waals surface area contributed by atoms with Crippen molar-refractivity contribution in [3.05, 3.63) is 83.9 Å². The van der Waals surface area contributed by atoms with Crippen LogP contribution in [0.25, 0.3) is 22.2 Å². The number of fused-ring (bicyclic) bond motifs is 1. The molecule has 0 aliphatic heterocycles. The first-order valence-electron chi connectivity index (χ1n) is 8.49. The molecule has 5 nitrogen and oxygen atoms in total. The number of carbonyl (C=O) groups is 2. The van der Waals surface area contributed by atoms with Crippen LogP contribution in [-0.2, 0) is 0 Å². The zero-order valence-corrected chi connectivity index (χ0v) is 14.6. The van der Waals surface area contributed by atoms with Gasteiger partial charge in [0, 0.05) is 27.8 Å². The van der Waals surface area contributed by atoms with Crippen LogP contribution >= 0.6 is 0 Å². The van der Waals surface area contributed by atoms with Gasteiger partial charge in [0.05, 0.1) is 0 Å². The van der Waals surface area contributed by atoms with Gasteiger partial charge >= 0.3 is 0 Å². The maximum Gasteiger partial charge on any atom is 0.255 e. The Morgan fingerprint density at radius 3 is 2.30 bits per heavy atom. The second-order valence-electron chi connectivity index (χ2n) is 6.20. The van der Waals surface area contributed by atoms with E-state index in [-0.39, 0.29) is 11.7 Å². The lowest BCUT2D eigenvalue weighted by molar-refractivity contribution is 0.101. The number of hydrogen-bond donors (Lipinski definition) is 1. The van der Waals surface area contributed by atoms with Crippen molar-refractivity contribution in [2.75, 3.05) is 5.32 Å². The molecular weight excluding hydrogens is 340 g/mol. The quantitative estimate of drug-likeness (QED) is 0.525. The van der Waals surface area contributed by atoms with E-state index in [2.05, 4.69) is 10.5 Å². The molecule has 3 aromatic carbocycles. The molecule has 5 heteroatoms. The second-order valence-corrected chi connectivity index (χ2v) is 6.20. The predicted molar refractivity (Wildman–Crippen MR) is 104 cm³/mol. The van der Waals surface area contributed by atoms with Crippen LogP contribution in [0.5, 0.6) is 0 Å². The molecule has 0 bridgehead atoms. The van der Waals surface area contributed by atoms with E-state index in [9.17, 15) is 9.59 Å². The van der Waals surface area contributed by atoms with Gasteiger partial charge in [0.25, 0.3) is 5.91 Å². The third-order valence-corrected chi connectivity index (χ3v) is 4.33. The summed E-state index contributed by atoms with van der Waals surface area (Å²) in [7, 11) is 0. The summed E-state index contributed by atoms with van der Waals surface area (Å²) in [6, 6.07) is 21.8. The molecule has 0 spiro atoms. The Balaban J connectivity index is 1.58. The smallest absolute Gasteiger partial charge is 0.255 e. The minimum absolute atomic E-state index is 0.0152. The maximum absolute atomic E-state index is 12.5. The number of nitrogens with zero attached hydrogens (tertiary/aromatic N) is 1. The van der Waals surface area contributed by atoms with Gasteiger partial charge in [-0.15, -0.1) is 0 Å². The number of Topliss-reactive ketones (excluding diaryl/α,β-unsaturated/α-hetero) is 1. The molecule has 1 N–H and O–H groups in total. The molecule has 0 saturated carbocycles. The summed E-state index contributed by atoms with van der Waals surface area (Å²) in [5.41, 5.74) is 3.25. The molecule has 0 fully saturated rings. The average molecular weight is 356 g/mol. The summed E-state index contributed by atoms with van der Waals surface area (Å²) in [6.07, 6.45) is 0. The summed E-state index contributed by atoms with van der Waals surface area (Å²) in [5, 5.41) is 7.75. The van der Waals surface area contributed by atoms with Gasteiger partial charge in [-0.2, -0.15) is 0 Å². The SMILES string of the molecule is CC(=O)c1ccc(NC(=O)c2ccc3c(-c4ccccc4)onc3c2)cc1. The van der Waals surface area contributed by atoms with Gasteiger partial charge in [-0.05, 0) is 49.4 Å². The molecule has 4 aromatic rings. The highest BCUT2D eigenvalue weighted by molar-refractivity contribution is 6.07. The molecular formula is C22H16N2O3. The Labute approximate surface area is 155 Å². The number of anilines is 1. The lowest BCUT2D eigenvalue weighted by Crippen LogP contribution is -2.11. The van der Waals surface area contributed by atoms with Crippen molar-refractivity contribution in [2.45, 2.75) is 6.92 Å². The van der Waals surface area contributed by atoms with Crippen LogP contribution in [0.2, 0.25) is 0 Å². The zero-order valence-electron chi connectivity index (χ0n) is 14.6. The normalized spacial score (nSPS) is 10.7. The third kappa shape index (κ3) is 3.35. The number of aromatic nitrogens is 1. The molecule has 132 valence electrons. The molecule has 1 amide bonds. The van der Waals surface area contributed by atoms with Crippen LogP contribution in [-0.4, -0.2) is 16.8 Å². The highest BCUT2D eigenvalue weighted by Gasteiger charge is 2.14. The van der Waals surface area contributed by atoms with Crippen LogP contribution < -0.4 is 5.32 Å². The van der Waals surface area contributed by atoms with E-state index in [1.807, 2.05) is 36.4 Å². The van der Waals surface area contributed by atoms with E-state index in [1.54, 1.807) is 36.4 Å². The lowest BCUT2D eigenvalue weighted by Gasteiger charge is -2.06. The summed E-state index contributed by atoms with van der Waals surface area (Å²) in [4.78, 5) is 23.8. The summed E-state index contributed by atoms with van der Waals surface area (Å²) in [5.74, 6) is 0.410. The Kier molecular flexibility index (Phi) is 4.26. The maximum atomic E-state index is 12.5. The van der Waals surface area contributed by atoms with Crippen molar-refractivity contribution in [1.29, 1.82) is 0 Å². The standard InChI is InChI=1S/C22H16N2O3/c1-14(25)15-7-10-18(11-8-15)23-22(26)17-9-12-19-20(13-17)24-27-21(19)16-5-3-2-4-6-16/h2-13H,1H3,(H,23,26). The first kappa shape index (κ1) is 16.7. The third-order valence-electron chi connectivity index (χ3n) is 4.33. The lowest BCUT2D eigenvalue weighted by atomic mass is 10.1. The molecule has 0 radical (unpaired) electrons. The molecule has 27 heavy (non-hydrogen) atoms. The number of carbonyl (C=O) groups excluding carboxylic acids is 2. The van der Waals surface area contributed by atoms with E-state index in [0.29, 0.717) is 28.1 Å². The first-order chi connectivity index (χ1) is 13.1. The van der Waals surface area contributed by atoms with Gasteiger partial charge in [-0.3, -0.25) is 9.59 Å². The number of benzene rings is 3. The fourth-order valence-corrected chi connectivity index (χ4v) is 2.87. The molecule has 1 aromatic heterocycles. The summed E-state index contributed by atoms with van der Waals surface area (Å²) < 4.78 is 5.48. The predicted octanol–water partition coefficient (Wildman–Crippen LogP) is 4.95. The van der Waals surface area contributed by atoms with Gasteiger partial charge in [-0.25, -0.2) is 0 Å². The van der Waals surface area contributed by atoms with Crippen LogP contribution in [0, 0.1) is 0 Å². The van der Waals surface area contributed by atoms with Crippen molar-refractivity contribution in [3.63, 3.8) is 0 Å². The van der Waals surface area contributed by atoms with Crippen LogP contribution in [0.3, 0.4) is 0 Å². The molecule has 0 aliphatic rings. The van der Waals surface area contributed by atoms with Gasteiger partial charge < -0.3 is 9.84 Å². The van der Waals surface area contributed by atoms with Crippen molar-refractivity contribution in [3.8, 4) is 11.3 Å². The molecule has 0 saturated heterocycles. The number of rotatable bonds is 4. The van der Waals surface area contributed by atoms with Crippen molar-refractivity contribution in [1.82, 2.24) is 5.16 Å². The van der Waals surface area contributed by atoms with Crippen LogP contribution in [0.1, 0.15) is 27.6 Å². The Hall–Kier alpha value is -3.73. The van der Waals surface area contributed by atoms with Gasteiger partial charge in [0.1, 0.15) is 5.52 Å². The Bertz CT molecular complexity index is 1130. The van der Waals surface area contributed by atoms with E-state index in [0.717, 1.165) is 10.9 Å². The van der Waals surface area contributed by atoms with Gasteiger partial charge in [-0.1, -0.05) is 35.5 Å². The molecule has 0 unspecified atom stereocenters. The average Bonchev–Trinajstić information content (AvgIpc) is 3.12. The molecule has 4 rings (SSSR count). The van der Waals surface area contributed by atoms with Crippen LogP contribution in [0.15, 0.2) is 77.3 Å². The Morgan fingerprint density at radius 1 is 0.889 bits per heavy atom. The Morgan fingerprint density at radius 2 is 1.59 bits per heavy atom. The summed E-state index contributed by atoms with van der Waals surface area (Å²) in [6.45, 7) is 1.50. The second kappa shape index (κ2) is 6.88. The van der Waals surface area contributed by atoms with Crippen molar-refractivity contribution < 1.29 is 14.1 Å². The number of nitrogens with one attached hydrogen (secondary N) is 1. The van der Waals surface area contributed by atoms with E-state index in [4.69, 9.17) is 4.52 Å². The highest BCUT2D eigenvalue weighted by Crippen LogP contribution is 2.29. The largest absolute Gasteiger partial charge is 0.355 e. The zero-order chi connectivity index (χ0) is 18.8. The number of hydrogen-bond acceptors (Lipinski definition) is 4. The summed E-state index contributed by atoms with van der Waals surface area (Å²) >= 11 is 0. The minimum Gasteiger partial charge on any atom is -0.355 e. The highest BCUT2D eigenvalue weighted by atomic mass is 16.5. The first-order valence-corrected chi connectivity index (χ1v) is 8.49. The van der Waals surface area contributed by atoms with Gasteiger partial charge in [0.2, 0.25) is 0 Å². The molecule has 1 heterocycles. The van der Waals surface area contributed by atoms with Crippen molar-refractivity contribution in [2.24, 2.45) is 0 Å². The fourth-order valence-electron chi connectivity index (χ4n) is 2.87. The number of amides is 1. The van der Waals surface area contributed by atoms with E-state index in [1.165, 1.54) is 6.92 Å². The monoisotopic (exact) mass is 356 g/mol. The fraction of sp³-hybridized carbons (Fsp3) is 0.0455. The van der Waals surface area contributed by atoms with Gasteiger partial charge in [0.15, 0.2) is 11.5 Å². The number of ketones is 1. The van der Waals surface area contributed by atoms with E-state index < -0.39 is 0 Å². The molecule has 0 aliphatic carbocycles. The van der Waals surface area contributed by atoms with E-state index >= 15 is 0 Å².